The minimum absolute atomic E-state index is 0.259. The number of aromatic hydroxyl groups is 1. The third-order valence-electron chi connectivity index (χ3n) is 5.33. The summed E-state index contributed by atoms with van der Waals surface area (Å²) in [6, 6.07) is 12.1. The molecule has 29 heavy (non-hydrogen) atoms. The molecule has 144 valence electrons. The second-order valence-corrected chi connectivity index (χ2v) is 7.00. The average molecular weight is 388 g/mol. The van der Waals surface area contributed by atoms with Crippen molar-refractivity contribution in [2.75, 3.05) is 5.43 Å². The zero-order valence-electron chi connectivity index (χ0n) is 15.5. The van der Waals surface area contributed by atoms with Gasteiger partial charge in [-0.15, -0.1) is 0 Å². The predicted molar refractivity (Wildman–Crippen MR) is 108 cm³/mol. The molecule has 0 saturated carbocycles. The van der Waals surface area contributed by atoms with Crippen molar-refractivity contribution < 1.29 is 9.90 Å². The minimum Gasteiger partial charge on any atom is -0.506 e. The Morgan fingerprint density at radius 2 is 1.83 bits per heavy atom. The first kappa shape index (κ1) is 17.2. The highest BCUT2D eigenvalue weighted by Crippen LogP contribution is 2.32. The van der Waals surface area contributed by atoms with E-state index in [1.807, 2.05) is 6.07 Å². The number of nitrogens with one attached hydrogen (secondary N) is 1. The molecule has 0 fully saturated rings. The first-order valence-electron chi connectivity index (χ1n) is 9.14. The normalized spacial score (nSPS) is 12.6. The molecule has 4 aromatic rings. The Balaban J connectivity index is 1.67. The molecule has 2 aromatic heterocycles. The highest BCUT2D eigenvalue weighted by Gasteiger charge is 2.26. The van der Waals surface area contributed by atoms with Gasteiger partial charge in [0.25, 0.3) is 17.0 Å². The molecule has 1 aliphatic rings. The number of hydrogen-bond acceptors (Lipinski definition) is 5. The van der Waals surface area contributed by atoms with E-state index in [2.05, 4.69) is 10.4 Å². The first-order valence-corrected chi connectivity index (χ1v) is 9.14. The van der Waals surface area contributed by atoms with Crippen LogP contribution in [-0.4, -0.2) is 25.2 Å². The van der Waals surface area contributed by atoms with E-state index in [0.717, 1.165) is 10.2 Å². The second kappa shape index (κ2) is 6.03. The van der Waals surface area contributed by atoms with Gasteiger partial charge in [0, 0.05) is 11.9 Å². The Morgan fingerprint density at radius 1 is 1.07 bits per heavy atom. The van der Waals surface area contributed by atoms with Gasteiger partial charge in [0.2, 0.25) is 0 Å². The summed E-state index contributed by atoms with van der Waals surface area (Å²) in [7, 11) is 0. The minimum atomic E-state index is -0.863. The smallest absolute Gasteiger partial charge is 0.280 e. The first-order chi connectivity index (χ1) is 14.0. The Labute approximate surface area is 163 Å². The SMILES string of the molecule is Cc1nc2ccccc2c(=O)n1NC(=O)c1c(O)c2cccc3c2n(c1=O)CC3. The van der Waals surface area contributed by atoms with Gasteiger partial charge < -0.3 is 9.67 Å². The number of nitrogens with zero attached hydrogens (tertiary/aromatic N) is 3. The lowest BCUT2D eigenvalue weighted by Gasteiger charge is -2.14. The molecule has 2 aromatic carbocycles. The van der Waals surface area contributed by atoms with Crippen molar-refractivity contribution in [3.8, 4) is 5.75 Å². The van der Waals surface area contributed by atoms with Crippen LogP contribution in [0, 0.1) is 6.92 Å². The van der Waals surface area contributed by atoms with E-state index in [1.54, 1.807) is 43.3 Å². The fraction of sp³-hybridized carbons (Fsp3) is 0.143. The highest BCUT2D eigenvalue weighted by molar-refractivity contribution is 6.06. The van der Waals surface area contributed by atoms with Gasteiger partial charge in [-0.25, -0.2) is 9.66 Å². The van der Waals surface area contributed by atoms with Crippen molar-refractivity contribution in [2.45, 2.75) is 19.9 Å². The number of aromatic nitrogens is 3. The molecule has 0 saturated heterocycles. The molecule has 0 aliphatic carbocycles. The van der Waals surface area contributed by atoms with Crippen molar-refractivity contribution in [1.29, 1.82) is 0 Å². The molecule has 0 bridgehead atoms. The van der Waals surface area contributed by atoms with Crippen LogP contribution in [0.3, 0.4) is 0 Å². The van der Waals surface area contributed by atoms with Gasteiger partial charge in [0.1, 0.15) is 17.1 Å². The molecule has 1 aliphatic heterocycles. The Hall–Kier alpha value is -3.94. The Morgan fingerprint density at radius 3 is 2.66 bits per heavy atom. The number of aryl methyl sites for hydroxylation is 3. The van der Waals surface area contributed by atoms with Gasteiger partial charge in [-0.2, -0.15) is 0 Å². The molecule has 0 spiro atoms. The topological polar surface area (TPSA) is 106 Å². The largest absolute Gasteiger partial charge is 0.506 e. The fourth-order valence-corrected chi connectivity index (χ4v) is 3.96. The van der Waals surface area contributed by atoms with Gasteiger partial charge in [-0.05, 0) is 37.1 Å². The van der Waals surface area contributed by atoms with Crippen LogP contribution in [0.2, 0.25) is 0 Å². The summed E-state index contributed by atoms with van der Waals surface area (Å²) in [5, 5.41) is 11.5. The maximum Gasteiger partial charge on any atom is 0.280 e. The van der Waals surface area contributed by atoms with E-state index >= 15 is 0 Å². The van der Waals surface area contributed by atoms with Crippen molar-refractivity contribution in [3.63, 3.8) is 0 Å². The van der Waals surface area contributed by atoms with E-state index in [1.165, 1.54) is 4.57 Å². The molecule has 0 radical (unpaired) electrons. The summed E-state index contributed by atoms with van der Waals surface area (Å²) in [6.45, 7) is 2.01. The van der Waals surface area contributed by atoms with Crippen LogP contribution >= 0.6 is 0 Å². The van der Waals surface area contributed by atoms with Gasteiger partial charge in [-0.1, -0.05) is 24.3 Å². The lowest BCUT2D eigenvalue weighted by molar-refractivity contribution is 0.100. The predicted octanol–water partition coefficient (Wildman–Crippen LogP) is 1.67. The summed E-state index contributed by atoms with van der Waals surface area (Å²) >= 11 is 0. The quantitative estimate of drug-likeness (QED) is 0.543. The molecular formula is C21H16N4O4. The van der Waals surface area contributed by atoms with Gasteiger partial charge >= 0.3 is 0 Å². The molecule has 1 amide bonds. The number of rotatable bonds is 2. The molecule has 8 heteroatoms. The molecule has 2 N–H and O–H groups in total. The van der Waals surface area contributed by atoms with Crippen molar-refractivity contribution >= 4 is 27.7 Å². The van der Waals surface area contributed by atoms with Crippen LogP contribution < -0.4 is 16.5 Å². The Kier molecular flexibility index (Phi) is 3.57. The lowest BCUT2D eigenvalue weighted by atomic mass is 10.1. The zero-order valence-corrected chi connectivity index (χ0v) is 15.5. The van der Waals surface area contributed by atoms with E-state index in [4.69, 9.17) is 0 Å². The van der Waals surface area contributed by atoms with Crippen LogP contribution in [-0.2, 0) is 13.0 Å². The summed E-state index contributed by atoms with van der Waals surface area (Å²) in [5.74, 6) is -0.992. The molecule has 8 nitrogen and oxygen atoms in total. The average Bonchev–Trinajstić information content (AvgIpc) is 3.15. The number of amides is 1. The van der Waals surface area contributed by atoms with Crippen LogP contribution in [0.15, 0.2) is 52.1 Å². The molecule has 3 heterocycles. The third kappa shape index (κ3) is 2.39. The fourth-order valence-electron chi connectivity index (χ4n) is 3.96. The van der Waals surface area contributed by atoms with Gasteiger partial charge in [-0.3, -0.25) is 19.8 Å². The van der Waals surface area contributed by atoms with Crippen LogP contribution in [0.25, 0.3) is 21.8 Å². The highest BCUT2D eigenvalue weighted by atomic mass is 16.3. The summed E-state index contributed by atoms with van der Waals surface area (Å²) in [5.41, 5.74) is 3.09. The van der Waals surface area contributed by atoms with E-state index < -0.39 is 22.6 Å². The number of hydrogen-bond donors (Lipinski definition) is 2. The van der Waals surface area contributed by atoms with Crippen molar-refractivity contribution in [1.82, 2.24) is 14.2 Å². The van der Waals surface area contributed by atoms with Gasteiger partial charge in [0.15, 0.2) is 0 Å². The summed E-state index contributed by atoms with van der Waals surface area (Å²) < 4.78 is 2.49. The van der Waals surface area contributed by atoms with Crippen LogP contribution in [0.4, 0.5) is 0 Å². The van der Waals surface area contributed by atoms with E-state index in [9.17, 15) is 19.5 Å². The molecule has 0 unspecified atom stereocenters. The number of carbonyl (C=O) groups is 1. The summed E-state index contributed by atoms with van der Waals surface area (Å²) in [4.78, 5) is 43.0. The molecular weight excluding hydrogens is 372 g/mol. The monoisotopic (exact) mass is 388 g/mol. The zero-order chi connectivity index (χ0) is 20.3. The Bertz CT molecular complexity index is 1470. The lowest BCUT2D eigenvalue weighted by Crippen LogP contribution is -2.38. The van der Waals surface area contributed by atoms with Crippen LogP contribution in [0.1, 0.15) is 21.7 Å². The number of pyridine rings is 1. The number of fused-ring (bicyclic) bond motifs is 1. The van der Waals surface area contributed by atoms with Crippen molar-refractivity contribution in [3.05, 3.63) is 80.1 Å². The molecule has 0 atom stereocenters. The third-order valence-corrected chi connectivity index (χ3v) is 5.33. The number of carbonyl (C=O) groups excluding carboxylic acids is 1. The molecule has 5 rings (SSSR count). The second-order valence-electron chi connectivity index (χ2n) is 7.00. The van der Waals surface area contributed by atoms with Crippen molar-refractivity contribution in [2.24, 2.45) is 0 Å². The standard InChI is InChI=1S/C21H16N4O4/c1-11-22-15-8-3-2-6-13(15)20(28)25(11)23-19(27)16-18(26)14-7-4-5-12-9-10-24(17(12)14)21(16)29/h2-8,26H,9-10H2,1H3,(H,23,27). The van der Waals surface area contributed by atoms with E-state index in [0.29, 0.717) is 34.8 Å². The number of para-hydroxylation sites is 2. The number of benzene rings is 2. The maximum atomic E-state index is 13.0. The van der Waals surface area contributed by atoms with E-state index in [-0.39, 0.29) is 11.6 Å². The maximum absolute atomic E-state index is 13.0. The van der Waals surface area contributed by atoms with Gasteiger partial charge in [0.05, 0.1) is 16.4 Å². The summed E-state index contributed by atoms with van der Waals surface area (Å²) in [6.07, 6.45) is 0.657. The van der Waals surface area contributed by atoms with Crippen LogP contribution in [0.5, 0.6) is 5.75 Å².